The molecule has 1 aliphatic rings. The summed E-state index contributed by atoms with van der Waals surface area (Å²) in [6.45, 7) is 0. The maximum absolute atomic E-state index is 11.3. The zero-order valence-corrected chi connectivity index (χ0v) is 10.6. The number of halogens is 1. The minimum atomic E-state index is -0.294. The van der Waals surface area contributed by atoms with Crippen LogP contribution in [-0.2, 0) is 0 Å². The lowest BCUT2D eigenvalue weighted by atomic mass is 10.2. The predicted octanol–water partition coefficient (Wildman–Crippen LogP) is 2.12. The lowest BCUT2D eigenvalue weighted by Gasteiger charge is -2.19. The van der Waals surface area contributed by atoms with E-state index in [1.54, 1.807) is 0 Å². The van der Waals surface area contributed by atoms with Crippen LogP contribution in [0.3, 0.4) is 0 Å². The number of nitrogens with one attached hydrogen (secondary N) is 2. The number of hydrogen-bond donors (Lipinski definition) is 2. The van der Waals surface area contributed by atoms with Crippen LogP contribution in [0.25, 0.3) is 0 Å². The Kier molecular flexibility index (Phi) is 3.76. The molecule has 88 valence electrons. The van der Waals surface area contributed by atoms with E-state index in [2.05, 4.69) is 21.5 Å². The molecule has 0 saturated heterocycles. The fourth-order valence-corrected chi connectivity index (χ4v) is 3.13. The van der Waals surface area contributed by atoms with Gasteiger partial charge in [0.15, 0.2) is 5.82 Å². The van der Waals surface area contributed by atoms with Crippen LogP contribution >= 0.6 is 23.4 Å². The minimum Gasteiger partial charge on any atom is -0.365 e. The van der Waals surface area contributed by atoms with Gasteiger partial charge in [-0.05, 0) is 19.1 Å². The lowest BCUT2D eigenvalue weighted by Crippen LogP contribution is -2.27. The molecule has 0 radical (unpaired) electrons. The first kappa shape index (κ1) is 11.8. The van der Waals surface area contributed by atoms with Gasteiger partial charge in [-0.25, -0.2) is 4.98 Å². The van der Waals surface area contributed by atoms with Crippen LogP contribution in [0, 0.1) is 0 Å². The Hall–Kier alpha value is -0.680. The van der Waals surface area contributed by atoms with Crippen molar-refractivity contribution in [3.63, 3.8) is 0 Å². The maximum atomic E-state index is 11.3. The molecule has 1 saturated carbocycles. The highest BCUT2D eigenvalue weighted by Crippen LogP contribution is 2.31. The Morgan fingerprint density at radius 1 is 1.62 bits per heavy atom. The minimum absolute atomic E-state index is 0.147. The molecule has 2 unspecified atom stereocenters. The molecule has 0 spiro atoms. The largest absolute Gasteiger partial charge is 0.365 e. The van der Waals surface area contributed by atoms with Crippen LogP contribution in [0.15, 0.2) is 11.1 Å². The van der Waals surface area contributed by atoms with Crippen molar-refractivity contribution in [2.24, 2.45) is 0 Å². The molecule has 4 nitrogen and oxygen atoms in total. The first-order valence-electron chi connectivity index (χ1n) is 5.25. The van der Waals surface area contributed by atoms with Crippen molar-refractivity contribution in [2.75, 3.05) is 11.6 Å². The summed E-state index contributed by atoms with van der Waals surface area (Å²) in [7, 11) is 0. The summed E-state index contributed by atoms with van der Waals surface area (Å²) in [4.78, 5) is 17.8. The standard InChI is InChI=1S/C10H14ClN3OS/c1-16-7-4-2-3-6(7)14-9-8(11)10(15)13-5-12-9/h5-7H,2-4H2,1H3,(H2,12,13,14,15). The quantitative estimate of drug-likeness (QED) is 0.873. The molecule has 1 heterocycles. The zero-order chi connectivity index (χ0) is 11.5. The van der Waals surface area contributed by atoms with Crippen LogP contribution in [0.2, 0.25) is 5.02 Å². The normalized spacial score (nSPS) is 24.6. The van der Waals surface area contributed by atoms with Gasteiger partial charge >= 0.3 is 0 Å². The highest BCUT2D eigenvalue weighted by Gasteiger charge is 2.27. The van der Waals surface area contributed by atoms with Gasteiger partial charge in [-0.3, -0.25) is 4.79 Å². The van der Waals surface area contributed by atoms with Crippen molar-refractivity contribution >= 4 is 29.2 Å². The van der Waals surface area contributed by atoms with E-state index in [9.17, 15) is 4.79 Å². The van der Waals surface area contributed by atoms with Crippen LogP contribution in [0.5, 0.6) is 0 Å². The van der Waals surface area contributed by atoms with Crippen molar-refractivity contribution in [3.8, 4) is 0 Å². The Bertz CT molecular complexity index is 423. The van der Waals surface area contributed by atoms with Gasteiger partial charge in [0.05, 0.1) is 6.33 Å². The number of nitrogens with zero attached hydrogens (tertiary/aromatic N) is 1. The first-order chi connectivity index (χ1) is 7.72. The second-order valence-electron chi connectivity index (χ2n) is 3.85. The average Bonchev–Trinajstić information content (AvgIpc) is 2.72. The summed E-state index contributed by atoms with van der Waals surface area (Å²) in [5.41, 5.74) is -0.294. The van der Waals surface area contributed by atoms with Crippen LogP contribution in [0.1, 0.15) is 19.3 Å². The average molecular weight is 260 g/mol. The molecule has 2 rings (SSSR count). The van der Waals surface area contributed by atoms with Crippen molar-refractivity contribution < 1.29 is 0 Å². The van der Waals surface area contributed by atoms with Gasteiger partial charge in [-0.15, -0.1) is 0 Å². The van der Waals surface area contributed by atoms with Crippen LogP contribution in [0.4, 0.5) is 5.82 Å². The molecular formula is C10H14ClN3OS. The maximum Gasteiger partial charge on any atom is 0.271 e. The van der Waals surface area contributed by atoms with Gasteiger partial charge in [-0.2, -0.15) is 11.8 Å². The van der Waals surface area contributed by atoms with Gasteiger partial charge in [-0.1, -0.05) is 18.0 Å². The van der Waals surface area contributed by atoms with Gasteiger partial charge < -0.3 is 10.3 Å². The number of rotatable bonds is 3. The van der Waals surface area contributed by atoms with Crippen molar-refractivity contribution in [1.29, 1.82) is 0 Å². The van der Waals surface area contributed by atoms with Crippen molar-refractivity contribution in [1.82, 2.24) is 9.97 Å². The SMILES string of the molecule is CSC1CCCC1Nc1nc[nH]c(=O)c1Cl. The molecule has 1 aromatic rings. The molecule has 0 aliphatic heterocycles. The van der Waals surface area contributed by atoms with E-state index in [0.717, 1.165) is 6.42 Å². The van der Waals surface area contributed by atoms with Gasteiger partial charge in [0.2, 0.25) is 0 Å². The Morgan fingerprint density at radius 3 is 3.19 bits per heavy atom. The van der Waals surface area contributed by atoms with E-state index in [-0.39, 0.29) is 10.6 Å². The molecule has 6 heteroatoms. The lowest BCUT2D eigenvalue weighted by molar-refractivity contribution is 0.762. The molecular weight excluding hydrogens is 246 g/mol. The van der Waals surface area contributed by atoms with E-state index in [1.807, 2.05) is 11.8 Å². The summed E-state index contributed by atoms with van der Waals surface area (Å²) in [5.74, 6) is 0.497. The van der Waals surface area contributed by atoms with E-state index in [1.165, 1.54) is 19.2 Å². The number of thioether (sulfide) groups is 1. The molecule has 2 atom stereocenters. The van der Waals surface area contributed by atoms with Crippen molar-refractivity contribution in [3.05, 3.63) is 21.7 Å². The topological polar surface area (TPSA) is 57.8 Å². The Balaban J connectivity index is 2.14. The summed E-state index contributed by atoms with van der Waals surface area (Å²) < 4.78 is 0. The molecule has 2 N–H and O–H groups in total. The molecule has 0 aromatic carbocycles. The summed E-state index contributed by atoms with van der Waals surface area (Å²) in [6, 6.07) is 0.363. The third-order valence-corrected chi connectivity index (χ3v) is 4.39. The first-order valence-corrected chi connectivity index (χ1v) is 6.91. The fraction of sp³-hybridized carbons (Fsp3) is 0.600. The molecule has 0 bridgehead atoms. The van der Waals surface area contributed by atoms with Gasteiger partial charge in [0, 0.05) is 11.3 Å². The smallest absolute Gasteiger partial charge is 0.271 e. The highest BCUT2D eigenvalue weighted by atomic mass is 35.5. The molecule has 1 fully saturated rings. The Labute approximate surface area is 103 Å². The Morgan fingerprint density at radius 2 is 2.44 bits per heavy atom. The second-order valence-corrected chi connectivity index (χ2v) is 5.31. The number of hydrogen-bond acceptors (Lipinski definition) is 4. The molecule has 0 amide bonds. The summed E-state index contributed by atoms with van der Waals surface area (Å²) in [6.07, 6.45) is 7.01. The summed E-state index contributed by atoms with van der Waals surface area (Å²) in [5, 5.41) is 4.00. The highest BCUT2D eigenvalue weighted by molar-refractivity contribution is 7.99. The van der Waals surface area contributed by atoms with E-state index < -0.39 is 0 Å². The monoisotopic (exact) mass is 259 g/mol. The van der Waals surface area contributed by atoms with Gasteiger partial charge in [0.25, 0.3) is 5.56 Å². The fourth-order valence-electron chi connectivity index (χ4n) is 2.03. The van der Waals surface area contributed by atoms with E-state index in [4.69, 9.17) is 11.6 Å². The number of H-pyrrole nitrogens is 1. The van der Waals surface area contributed by atoms with Gasteiger partial charge in [0.1, 0.15) is 5.02 Å². The van der Waals surface area contributed by atoms with E-state index >= 15 is 0 Å². The third kappa shape index (κ3) is 2.35. The molecule has 16 heavy (non-hydrogen) atoms. The predicted molar refractivity (Wildman–Crippen MR) is 68.4 cm³/mol. The van der Waals surface area contributed by atoms with Crippen LogP contribution in [-0.4, -0.2) is 27.5 Å². The van der Waals surface area contributed by atoms with Crippen molar-refractivity contribution in [2.45, 2.75) is 30.6 Å². The molecule has 1 aliphatic carbocycles. The number of aromatic nitrogens is 2. The van der Waals surface area contributed by atoms with E-state index in [0.29, 0.717) is 17.1 Å². The van der Waals surface area contributed by atoms with Crippen LogP contribution < -0.4 is 10.9 Å². The zero-order valence-electron chi connectivity index (χ0n) is 9.00. The number of anilines is 1. The molecule has 1 aromatic heterocycles. The third-order valence-electron chi connectivity index (χ3n) is 2.87. The number of aromatic amines is 1. The summed E-state index contributed by atoms with van der Waals surface area (Å²) >= 11 is 7.74. The second kappa shape index (κ2) is 5.10.